The topological polar surface area (TPSA) is 110 Å². The predicted molar refractivity (Wildman–Crippen MR) is 104 cm³/mol. The fourth-order valence-electron chi connectivity index (χ4n) is 3.01. The summed E-state index contributed by atoms with van der Waals surface area (Å²) in [6.07, 6.45) is 1.25. The first-order valence-corrected chi connectivity index (χ1v) is 11.5. The lowest BCUT2D eigenvalue weighted by Gasteiger charge is -2.13. The van der Waals surface area contributed by atoms with Gasteiger partial charge >= 0.3 is 0 Å². The Kier molecular flexibility index (Phi) is 5.95. The quantitative estimate of drug-likeness (QED) is 0.676. The van der Waals surface area contributed by atoms with Crippen molar-refractivity contribution in [2.45, 2.75) is 32.2 Å². The SMILES string of the molecule is Cc1cc(NC(=O)CCCNC(=O)c2ccsc2)n(C2CCS(=O)(=O)C2)n1. The highest BCUT2D eigenvalue weighted by Crippen LogP contribution is 2.27. The molecule has 1 saturated heterocycles. The van der Waals surface area contributed by atoms with Crippen LogP contribution >= 0.6 is 11.3 Å². The molecule has 3 heterocycles. The molecule has 27 heavy (non-hydrogen) atoms. The van der Waals surface area contributed by atoms with Crippen molar-refractivity contribution in [3.05, 3.63) is 34.2 Å². The van der Waals surface area contributed by atoms with Gasteiger partial charge in [-0.25, -0.2) is 13.1 Å². The molecule has 1 unspecified atom stereocenters. The number of rotatable bonds is 7. The summed E-state index contributed by atoms with van der Waals surface area (Å²) in [5.41, 5.74) is 1.34. The Morgan fingerprint density at radius 3 is 2.89 bits per heavy atom. The zero-order valence-corrected chi connectivity index (χ0v) is 16.6. The van der Waals surface area contributed by atoms with E-state index in [1.54, 1.807) is 29.1 Å². The number of amides is 2. The average Bonchev–Trinajstić information content (AvgIpc) is 3.32. The molecule has 2 N–H and O–H groups in total. The third-order valence-corrected chi connectivity index (χ3v) is 6.76. The molecule has 1 aliphatic rings. The van der Waals surface area contributed by atoms with Crippen molar-refractivity contribution in [2.24, 2.45) is 0 Å². The monoisotopic (exact) mass is 410 g/mol. The Morgan fingerprint density at radius 2 is 2.22 bits per heavy atom. The van der Waals surface area contributed by atoms with Gasteiger partial charge in [0.1, 0.15) is 5.82 Å². The third kappa shape index (κ3) is 5.16. The molecule has 2 amide bonds. The van der Waals surface area contributed by atoms with Gasteiger partial charge in [-0.3, -0.25) is 9.59 Å². The van der Waals surface area contributed by atoms with Crippen LogP contribution < -0.4 is 10.6 Å². The molecule has 2 aromatic heterocycles. The van der Waals surface area contributed by atoms with E-state index in [9.17, 15) is 18.0 Å². The fraction of sp³-hybridized carbons (Fsp3) is 0.471. The van der Waals surface area contributed by atoms with E-state index >= 15 is 0 Å². The van der Waals surface area contributed by atoms with Crippen LogP contribution in [0.15, 0.2) is 22.9 Å². The zero-order chi connectivity index (χ0) is 19.4. The first-order valence-electron chi connectivity index (χ1n) is 8.71. The summed E-state index contributed by atoms with van der Waals surface area (Å²) in [6.45, 7) is 2.21. The number of aryl methyl sites for hydroxylation is 1. The minimum Gasteiger partial charge on any atom is -0.352 e. The molecule has 3 rings (SSSR count). The molecular weight excluding hydrogens is 388 g/mol. The number of sulfone groups is 1. The average molecular weight is 411 g/mol. The first kappa shape index (κ1) is 19.6. The summed E-state index contributed by atoms with van der Waals surface area (Å²) in [4.78, 5) is 24.0. The van der Waals surface area contributed by atoms with Crippen LogP contribution in [0.25, 0.3) is 0 Å². The maximum atomic E-state index is 12.2. The lowest BCUT2D eigenvalue weighted by Crippen LogP contribution is -2.25. The van der Waals surface area contributed by atoms with Crippen molar-refractivity contribution in [1.82, 2.24) is 15.1 Å². The molecule has 0 radical (unpaired) electrons. The van der Waals surface area contributed by atoms with E-state index in [1.807, 2.05) is 5.38 Å². The number of nitrogens with one attached hydrogen (secondary N) is 2. The lowest BCUT2D eigenvalue weighted by molar-refractivity contribution is -0.116. The Labute approximate surface area is 161 Å². The second-order valence-corrected chi connectivity index (χ2v) is 9.60. The van der Waals surface area contributed by atoms with Gasteiger partial charge in [0.05, 0.1) is 23.2 Å². The second kappa shape index (κ2) is 8.22. The van der Waals surface area contributed by atoms with Gasteiger partial charge in [0, 0.05) is 30.0 Å². The minimum absolute atomic E-state index is 0.0472. The molecule has 1 fully saturated rings. The Bertz CT molecular complexity index is 919. The maximum Gasteiger partial charge on any atom is 0.252 e. The van der Waals surface area contributed by atoms with Crippen LogP contribution in [0.5, 0.6) is 0 Å². The number of anilines is 1. The van der Waals surface area contributed by atoms with Crippen molar-refractivity contribution in [3.63, 3.8) is 0 Å². The van der Waals surface area contributed by atoms with Gasteiger partial charge in [0.15, 0.2) is 9.84 Å². The fourth-order valence-corrected chi connectivity index (χ4v) is 5.34. The molecule has 1 aliphatic heterocycles. The number of carbonyl (C=O) groups excluding carboxylic acids is 2. The highest BCUT2D eigenvalue weighted by atomic mass is 32.2. The highest BCUT2D eigenvalue weighted by Gasteiger charge is 2.31. The van der Waals surface area contributed by atoms with Crippen LogP contribution in [0.3, 0.4) is 0 Å². The van der Waals surface area contributed by atoms with Crippen LogP contribution in [0.1, 0.15) is 41.4 Å². The molecule has 0 spiro atoms. The van der Waals surface area contributed by atoms with E-state index in [0.29, 0.717) is 30.8 Å². The molecule has 0 bridgehead atoms. The van der Waals surface area contributed by atoms with E-state index in [-0.39, 0.29) is 35.8 Å². The van der Waals surface area contributed by atoms with E-state index in [2.05, 4.69) is 15.7 Å². The minimum atomic E-state index is -3.04. The molecule has 1 atom stereocenters. The van der Waals surface area contributed by atoms with Gasteiger partial charge in [0.25, 0.3) is 5.91 Å². The third-order valence-electron chi connectivity index (χ3n) is 4.33. The molecule has 0 aliphatic carbocycles. The number of hydrogen-bond acceptors (Lipinski definition) is 6. The van der Waals surface area contributed by atoms with Crippen LogP contribution in [-0.4, -0.2) is 48.1 Å². The summed E-state index contributed by atoms with van der Waals surface area (Å²) in [5.74, 6) is 0.371. The normalized spacial score (nSPS) is 18.3. The number of nitrogens with zero attached hydrogens (tertiary/aromatic N) is 2. The maximum absolute atomic E-state index is 12.2. The summed E-state index contributed by atoms with van der Waals surface area (Å²) in [6, 6.07) is 3.24. The standard InChI is InChI=1S/C17H22N4O4S2/c1-12-9-15(21(20-12)14-5-8-27(24,25)11-14)19-16(22)3-2-6-18-17(23)13-4-7-26-10-13/h4,7,9-10,14H,2-3,5-6,8,11H2,1H3,(H,18,23)(H,19,22). The zero-order valence-electron chi connectivity index (χ0n) is 15.0. The van der Waals surface area contributed by atoms with Crippen molar-refractivity contribution in [2.75, 3.05) is 23.4 Å². The summed E-state index contributed by atoms with van der Waals surface area (Å²) in [7, 11) is -3.04. The van der Waals surface area contributed by atoms with E-state index < -0.39 is 9.84 Å². The van der Waals surface area contributed by atoms with Crippen LogP contribution in [-0.2, 0) is 14.6 Å². The van der Waals surface area contributed by atoms with Gasteiger partial charge in [-0.15, -0.1) is 0 Å². The lowest BCUT2D eigenvalue weighted by atomic mass is 10.2. The Morgan fingerprint density at radius 1 is 1.41 bits per heavy atom. The molecule has 0 saturated carbocycles. The van der Waals surface area contributed by atoms with Gasteiger partial charge in [0.2, 0.25) is 5.91 Å². The van der Waals surface area contributed by atoms with Gasteiger partial charge < -0.3 is 10.6 Å². The van der Waals surface area contributed by atoms with Crippen molar-refractivity contribution >= 4 is 38.8 Å². The number of thiophene rings is 1. The van der Waals surface area contributed by atoms with Gasteiger partial charge in [-0.05, 0) is 31.2 Å². The number of aromatic nitrogens is 2. The van der Waals surface area contributed by atoms with Crippen molar-refractivity contribution in [1.29, 1.82) is 0 Å². The largest absolute Gasteiger partial charge is 0.352 e. The molecule has 10 heteroatoms. The van der Waals surface area contributed by atoms with E-state index in [4.69, 9.17) is 0 Å². The van der Waals surface area contributed by atoms with Gasteiger partial charge in [-0.1, -0.05) is 0 Å². The predicted octanol–water partition coefficient (Wildman–Crippen LogP) is 1.76. The Hall–Kier alpha value is -2.20. The number of hydrogen-bond donors (Lipinski definition) is 2. The molecule has 146 valence electrons. The summed E-state index contributed by atoms with van der Waals surface area (Å²) in [5, 5.41) is 13.5. The van der Waals surface area contributed by atoms with Crippen molar-refractivity contribution in [3.8, 4) is 0 Å². The van der Waals surface area contributed by atoms with E-state index in [0.717, 1.165) is 5.69 Å². The molecular formula is C17H22N4O4S2. The summed E-state index contributed by atoms with van der Waals surface area (Å²) >= 11 is 1.46. The Balaban J connectivity index is 1.49. The van der Waals surface area contributed by atoms with Crippen LogP contribution in [0, 0.1) is 6.92 Å². The van der Waals surface area contributed by atoms with Crippen molar-refractivity contribution < 1.29 is 18.0 Å². The number of carbonyl (C=O) groups is 2. The van der Waals surface area contributed by atoms with Crippen LogP contribution in [0.2, 0.25) is 0 Å². The molecule has 8 nitrogen and oxygen atoms in total. The first-order chi connectivity index (χ1) is 12.8. The highest BCUT2D eigenvalue weighted by molar-refractivity contribution is 7.91. The van der Waals surface area contributed by atoms with Gasteiger partial charge in [-0.2, -0.15) is 16.4 Å². The molecule has 0 aromatic carbocycles. The summed E-state index contributed by atoms with van der Waals surface area (Å²) < 4.78 is 25.0. The van der Waals surface area contributed by atoms with E-state index in [1.165, 1.54) is 11.3 Å². The smallest absolute Gasteiger partial charge is 0.252 e. The molecule has 2 aromatic rings. The van der Waals surface area contributed by atoms with Crippen LogP contribution in [0.4, 0.5) is 5.82 Å². The second-order valence-electron chi connectivity index (χ2n) is 6.59.